The zero-order valence-electron chi connectivity index (χ0n) is 9.63. The van der Waals surface area contributed by atoms with Crippen molar-refractivity contribution in [1.29, 1.82) is 0 Å². The maximum atomic E-state index is 10.4. The first-order valence-corrected chi connectivity index (χ1v) is 6.25. The number of aromatic nitrogens is 3. The molecule has 96 valence electrons. The van der Waals surface area contributed by atoms with Crippen LogP contribution in [0.4, 0.5) is 0 Å². The minimum atomic E-state index is -0.911. The van der Waals surface area contributed by atoms with Crippen LogP contribution in [0, 0.1) is 0 Å². The molecule has 0 radical (unpaired) electrons. The number of ether oxygens (including phenoxy) is 1. The quantitative estimate of drug-likeness (QED) is 0.389. The first-order chi connectivity index (χ1) is 8.15. The van der Waals surface area contributed by atoms with E-state index in [0.717, 1.165) is 18.2 Å². The van der Waals surface area contributed by atoms with Gasteiger partial charge in [-0.25, -0.2) is 4.68 Å². The second kappa shape index (κ2) is 7.13. The van der Waals surface area contributed by atoms with E-state index in [4.69, 9.17) is 15.7 Å². The van der Waals surface area contributed by atoms with Crippen molar-refractivity contribution in [2.75, 3.05) is 24.8 Å². The van der Waals surface area contributed by atoms with Crippen LogP contribution in [-0.2, 0) is 16.0 Å². The number of carboxylic acids is 1. The lowest BCUT2D eigenvalue weighted by Gasteiger charge is -2.03. The summed E-state index contributed by atoms with van der Waals surface area (Å²) < 4.78 is 6.62. The smallest absolute Gasteiger partial charge is 0.313 e. The molecule has 0 aliphatic rings. The average Bonchev–Trinajstić information content (AvgIpc) is 2.63. The third kappa shape index (κ3) is 4.61. The Labute approximate surface area is 103 Å². The fraction of sp³-hybridized carbons (Fsp3) is 0.667. The summed E-state index contributed by atoms with van der Waals surface area (Å²) in [7, 11) is 0. The predicted molar refractivity (Wildman–Crippen MR) is 63.3 cm³/mol. The highest BCUT2D eigenvalue weighted by atomic mass is 32.2. The minimum Gasteiger partial charge on any atom is -0.481 e. The molecule has 0 atom stereocenters. The second-order valence-electron chi connectivity index (χ2n) is 3.31. The Kier molecular flexibility index (Phi) is 5.78. The Hall–Kier alpha value is -1.28. The van der Waals surface area contributed by atoms with Crippen LogP contribution in [0.3, 0.4) is 0 Å². The number of carbonyl (C=O) groups is 1. The van der Waals surface area contributed by atoms with Crippen LogP contribution in [-0.4, -0.2) is 44.9 Å². The van der Waals surface area contributed by atoms with Crippen LogP contribution in [0.15, 0.2) is 5.16 Å². The molecule has 0 aliphatic heterocycles. The van der Waals surface area contributed by atoms with Gasteiger partial charge in [-0.3, -0.25) is 4.79 Å². The third-order valence-electron chi connectivity index (χ3n) is 1.88. The van der Waals surface area contributed by atoms with Gasteiger partial charge >= 0.3 is 5.97 Å². The highest BCUT2D eigenvalue weighted by Gasteiger charge is 2.11. The lowest BCUT2D eigenvalue weighted by atomic mass is 10.4. The number of carboxylic acid groups (broad SMARTS) is 1. The van der Waals surface area contributed by atoms with Gasteiger partial charge in [-0.1, -0.05) is 18.7 Å². The van der Waals surface area contributed by atoms with Gasteiger partial charge in [-0.2, -0.15) is 0 Å². The number of rotatable bonds is 8. The van der Waals surface area contributed by atoms with Gasteiger partial charge in [-0.05, 0) is 6.42 Å². The molecule has 17 heavy (non-hydrogen) atoms. The maximum absolute atomic E-state index is 10.4. The van der Waals surface area contributed by atoms with E-state index in [1.165, 1.54) is 4.68 Å². The number of nitrogens with two attached hydrogens (primary N) is 1. The van der Waals surface area contributed by atoms with E-state index in [2.05, 4.69) is 10.2 Å². The van der Waals surface area contributed by atoms with Crippen molar-refractivity contribution in [3.63, 3.8) is 0 Å². The summed E-state index contributed by atoms with van der Waals surface area (Å²) in [5.74, 6) is 5.33. The van der Waals surface area contributed by atoms with E-state index in [-0.39, 0.29) is 5.75 Å². The van der Waals surface area contributed by atoms with Crippen LogP contribution < -0.4 is 5.84 Å². The van der Waals surface area contributed by atoms with Crippen molar-refractivity contribution in [3.05, 3.63) is 5.82 Å². The number of nitrogen functional groups attached to an aromatic ring is 1. The largest absolute Gasteiger partial charge is 0.481 e. The minimum absolute atomic E-state index is 0.0817. The second-order valence-corrected chi connectivity index (χ2v) is 4.26. The van der Waals surface area contributed by atoms with Gasteiger partial charge in [0.05, 0.1) is 12.4 Å². The highest BCUT2D eigenvalue weighted by molar-refractivity contribution is 7.99. The average molecular weight is 260 g/mol. The molecular weight excluding hydrogens is 244 g/mol. The van der Waals surface area contributed by atoms with Crippen LogP contribution in [0.5, 0.6) is 0 Å². The number of thioether (sulfide) groups is 1. The summed E-state index contributed by atoms with van der Waals surface area (Å²) in [6, 6.07) is 0. The first kappa shape index (κ1) is 13.8. The van der Waals surface area contributed by atoms with Gasteiger partial charge in [0, 0.05) is 13.0 Å². The molecule has 1 aromatic heterocycles. The van der Waals surface area contributed by atoms with E-state index in [0.29, 0.717) is 30.6 Å². The van der Waals surface area contributed by atoms with Crippen LogP contribution in [0.2, 0.25) is 0 Å². The number of hydrogen-bond acceptors (Lipinski definition) is 6. The Morgan fingerprint density at radius 3 is 2.94 bits per heavy atom. The lowest BCUT2D eigenvalue weighted by Crippen LogP contribution is -2.16. The van der Waals surface area contributed by atoms with Gasteiger partial charge in [0.15, 0.2) is 5.82 Å². The zero-order valence-corrected chi connectivity index (χ0v) is 10.4. The van der Waals surface area contributed by atoms with Crippen molar-refractivity contribution < 1.29 is 14.6 Å². The number of hydrogen-bond donors (Lipinski definition) is 2. The van der Waals surface area contributed by atoms with E-state index in [1.807, 2.05) is 6.92 Å². The first-order valence-electron chi connectivity index (χ1n) is 5.26. The molecule has 8 heteroatoms. The molecule has 0 fully saturated rings. The molecule has 7 nitrogen and oxygen atoms in total. The predicted octanol–water partition coefficient (Wildman–Crippen LogP) is 0.138. The third-order valence-corrected chi connectivity index (χ3v) is 2.81. The molecule has 0 amide bonds. The summed E-state index contributed by atoms with van der Waals surface area (Å²) in [6.45, 7) is 3.28. The molecule has 0 aliphatic carbocycles. The highest BCUT2D eigenvalue weighted by Crippen LogP contribution is 2.14. The Morgan fingerprint density at radius 2 is 2.29 bits per heavy atom. The van der Waals surface area contributed by atoms with Gasteiger partial charge in [0.1, 0.15) is 0 Å². The standard InChI is InChI=1S/C9H16N4O3S/c1-2-4-16-5-3-7-11-12-9(13(7)10)17-6-8(14)15/h2-6,10H2,1H3,(H,14,15). The van der Waals surface area contributed by atoms with Crippen molar-refractivity contribution >= 4 is 17.7 Å². The summed E-state index contributed by atoms with van der Waals surface area (Å²) in [5, 5.41) is 16.6. The van der Waals surface area contributed by atoms with Crippen molar-refractivity contribution in [2.45, 2.75) is 24.9 Å². The number of nitrogens with zero attached hydrogens (tertiary/aromatic N) is 3. The Morgan fingerprint density at radius 1 is 1.53 bits per heavy atom. The van der Waals surface area contributed by atoms with Gasteiger partial charge in [-0.15, -0.1) is 10.2 Å². The zero-order chi connectivity index (χ0) is 12.7. The number of aliphatic carboxylic acids is 1. The van der Waals surface area contributed by atoms with Crippen LogP contribution >= 0.6 is 11.8 Å². The Balaban J connectivity index is 2.43. The van der Waals surface area contributed by atoms with Gasteiger partial charge in [0.25, 0.3) is 0 Å². The van der Waals surface area contributed by atoms with Crippen molar-refractivity contribution in [1.82, 2.24) is 14.9 Å². The van der Waals surface area contributed by atoms with E-state index in [9.17, 15) is 4.79 Å². The molecule has 1 aromatic rings. The molecule has 0 unspecified atom stereocenters. The molecule has 0 aromatic carbocycles. The molecule has 0 saturated carbocycles. The fourth-order valence-corrected chi connectivity index (χ4v) is 1.71. The van der Waals surface area contributed by atoms with E-state index in [1.54, 1.807) is 0 Å². The lowest BCUT2D eigenvalue weighted by molar-refractivity contribution is -0.133. The molecule has 0 bridgehead atoms. The summed E-state index contributed by atoms with van der Waals surface area (Å²) in [6.07, 6.45) is 1.53. The SMILES string of the molecule is CCCOCCc1nnc(SCC(=O)O)n1N. The van der Waals surface area contributed by atoms with E-state index < -0.39 is 5.97 Å². The van der Waals surface area contributed by atoms with Crippen molar-refractivity contribution in [3.8, 4) is 0 Å². The summed E-state index contributed by atoms with van der Waals surface area (Å²) in [4.78, 5) is 10.4. The molecule has 3 N–H and O–H groups in total. The van der Waals surface area contributed by atoms with E-state index >= 15 is 0 Å². The molecule has 0 spiro atoms. The Bertz CT molecular complexity index is 369. The normalized spacial score (nSPS) is 10.6. The van der Waals surface area contributed by atoms with Gasteiger partial charge in [0.2, 0.25) is 5.16 Å². The molecular formula is C9H16N4O3S. The summed E-state index contributed by atoms with van der Waals surface area (Å²) in [5.41, 5.74) is 0. The molecule has 0 saturated heterocycles. The maximum Gasteiger partial charge on any atom is 0.313 e. The fourth-order valence-electron chi connectivity index (χ4n) is 1.11. The van der Waals surface area contributed by atoms with Crippen LogP contribution in [0.25, 0.3) is 0 Å². The summed E-state index contributed by atoms with van der Waals surface area (Å²) >= 11 is 1.04. The molecule has 1 heterocycles. The topological polar surface area (TPSA) is 103 Å². The molecule has 1 rings (SSSR count). The van der Waals surface area contributed by atoms with Crippen molar-refractivity contribution in [2.24, 2.45) is 0 Å². The monoisotopic (exact) mass is 260 g/mol. The van der Waals surface area contributed by atoms with Gasteiger partial charge < -0.3 is 15.7 Å². The van der Waals surface area contributed by atoms with Crippen LogP contribution in [0.1, 0.15) is 19.2 Å².